The van der Waals surface area contributed by atoms with Gasteiger partial charge in [0.1, 0.15) is 0 Å². The number of pyridine rings is 1. The Morgan fingerprint density at radius 1 is 1.14 bits per heavy atom. The number of ether oxygens (including phenoxy) is 2. The second kappa shape index (κ2) is 6.84. The zero-order chi connectivity index (χ0) is 19.1. The number of halogens is 1. The summed E-state index contributed by atoms with van der Waals surface area (Å²) in [6.45, 7) is 0. The molecular weight excluding hydrogens is 374 g/mol. The third-order valence-electron chi connectivity index (χ3n) is 5.13. The van der Waals surface area contributed by atoms with Gasteiger partial charge in [0.05, 0.1) is 18.9 Å². The van der Waals surface area contributed by atoms with Gasteiger partial charge in [0.2, 0.25) is 6.23 Å². The molecule has 2 atom stereocenters. The van der Waals surface area contributed by atoms with E-state index in [1.54, 1.807) is 13.3 Å². The van der Waals surface area contributed by atoms with Crippen LogP contribution < -0.4 is 9.47 Å². The van der Waals surface area contributed by atoms with Gasteiger partial charge in [0.25, 0.3) is 0 Å². The molecule has 0 unspecified atom stereocenters. The molecular formula is C22H18ClN3O2. The van der Waals surface area contributed by atoms with Crippen molar-refractivity contribution in [2.45, 2.75) is 18.7 Å². The Balaban J connectivity index is 1.64. The van der Waals surface area contributed by atoms with Gasteiger partial charge in [-0.1, -0.05) is 41.9 Å². The quantitative estimate of drug-likeness (QED) is 0.631. The number of hydrogen-bond acceptors (Lipinski definition) is 5. The lowest BCUT2D eigenvalue weighted by atomic mass is 9.96. The van der Waals surface area contributed by atoms with Crippen molar-refractivity contribution >= 4 is 17.3 Å². The first-order chi connectivity index (χ1) is 13.7. The van der Waals surface area contributed by atoms with Gasteiger partial charge in [-0.25, -0.2) is 5.01 Å². The fourth-order valence-corrected chi connectivity index (χ4v) is 4.03. The van der Waals surface area contributed by atoms with Crippen molar-refractivity contribution in [3.05, 3.63) is 88.7 Å². The standard InChI is InChI=1S/C22H18ClN3O2/c1-27-20-9-3-8-17-19-12-18(15-6-4-10-24-13-15)25-26(19)22(28-21(17)20)14-5-2-7-16(23)11-14/h2-11,13,19,22H,12H2,1H3/t19-,22-/m1/s1. The molecule has 5 rings (SSSR count). The number of para-hydroxylation sites is 1. The summed E-state index contributed by atoms with van der Waals surface area (Å²) >= 11 is 6.25. The van der Waals surface area contributed by atoms with E-state index in [0.29, 0.717) is 5.02 Å². The molecule has 28 heavy (non-hydrogen) atoms. The minimum atomic E-state index is -0.387. The van der Waals surface area contributed by atoms with Gasteiger partial charge in [0.15, 0.2) is 11.5 Å². The molecule has 3 aromatic rings. The van der Waals surface area contributed by atoms with Gasteiger partial charge < -0.3 is 9.47 Å². The summed E-state index contributed by atoms with van der Waals surface area (Å²) in [6.07, 6.45) is 4.00. The zero-order valence-electron chi connectivity index (χ0n) is 15.2. The number of nitrogens with zero attached hydrogens (tertiary/aromatic N) is 3. The van der Waals surface area contributed by atoms with Crippen molar-refractivity contribution in [2.75, 3.05) is 7.11 Å². The summed E-state index contributed by atoms with van der Waals surface area (Å²) in [4.78, 5) is 4.24. The predicted octanol–water partition coefficient (Wildman–Crippen LogP) is 4.99. The first kappa shape index (κ1) is 17.1. The molecule has 0 spiro atoms. The summed E-state index contributed by atoms with van der Waals surface area (Å²) in [5, 5.41) is 7.61. The first-order valence-electron chi connectivity index (χ1n) is 9.10. The second-order valence-corrected chi connectivity index (χ2v) is 7.23. The molecule has 2 aromatic carbocycles. The van der Waals surface area contributed by atoms with Gasteiger partial charge in [-0.05, 0) is 24.3 Å². The molecule has 1 aromatic heterocycles. The molecule has 0 aliphatic carbocycles. The van der Waals surface area contributed by atoms with Gasteiger partial charge in [-0.15, -0.1) is 0 Å². The van der Waals surface area contributed by atoms with Gasteiger partial charge in [-0.3, -0.25) is 4.98 Å². The van der Waals surface area contributed by atoms with Crippen LogP contribution in [0.25, 0.3) is 0 Å². The highest BCUT2D eigenvalue weighted by atomic mass is 35.5. The van der Waals surface area contributed by atoms with Crippen molar-refractivity contribution < 1.29 is 9.47 Å². The maximum atomic E-state index is 6.41. The van der Waals surface area contributed by atoms with E-state index in [1.165, 1.54) is 0 Å². The third-order valence-corrected chi connectivity index (χ3v) is 5.36. The van der Waals surface area contributed by atoms with Crippen LogP contribution in [-0.4, -0.2) is 22.8 Å². The topological polar surface area (TPSA) is 47.0 Å². The molecule has 0 saturated carbocycles. The van der Waals surface area contributed by atoms with Crippen LogP contribution in [0.3, 0.4) is 0 Å². The number of hydrogen-bond donors (Lipinski definition) is 0. The van der Waals surface area contributed by atoms with Crippen molar-refractivity contribution in [2.24, 2.45) is 5.10 Å². The average Bonchev–Trinajstić information content (AvgIpc) is 3.19. The van der Waals surface area contributed by atoms with Crippen LogP contribution in [0, 0.1) is 0 Å². The lowest BCUT2D eigenvalue weighted by Gasteiger charge is -2.38. The number of fused-ring (bicyclic) bond motifs is 3. The lowest BCUT2D eigenvalue weighted by Crippen LogP contribution is -2.33. The van der Waals surface area contributed by atoms with E-state index in [9.17, 15) is 0 Å². The molecule has 0 amide bonds. The van der Waals surface area contributed by atoms with Gasteiger partial charge in [-0.2, -0.15) is 5.10 Å². The molecule has 0 N–H and O–H groups in total. The normalized spacial score (nSPS) is 20.1. The van der Waals surface area contributed by atoms with E-state index in [0.717, 1.165) is 40.3 Å². The van der Waals surface area contributed by atoms with Crippen molar-refractivity contribution in [1.29, 1.82) is 0 Å². The molecule has 0 radical (unpaired) electrons. The Hall–Kier alpha value is -3.05. The fraction of sp³-hybridized carbons (Fsp3) is 0.182. The number of aromatic nitrogens is 1. The van der Waals surface area contributed by atoms with Crippen LogP contribution in [0.4, 0.5) is 0 Å². The monoisotopic (exact) mass is 391 g/mol. The van der Waals surface area contributed by atoms with Crippen molar-refractivity contribution in [3.63, 3.8) is 0 Å². The van der Waals surface area contributed by atoms with Gasteiger partial charge >= 0.3 is 0 Å². The highest BCUT2D eigenvalue weighted by molar-refractivity contribution is 6.30. The fourth-order valence-electron chi connectivity index (χ4n) is 3.83. The summed E-state index contributed by atoms with van der Waals surface area (Å²) in [5.41, 5.74) is 4.03. The van der Waals surface area contributed by atoms with E-state index < -0.39 is 0 Å². The average molecular weight is 392 g/mol. The van der Waals surface area contributed by atoms with Crippen LogP contribution in [0.15, 0.2) is 72.1 Å². The Morgan fingerprint density at radius 2 is 2.04 bits per heavy atom. The Kier molecular flexibility index (Phi) is 4.17. The smallest absolute Gasteiger partial charge is 0.214 e. The maximum absolute atomic E-state index is 6.41. The van der Waals surface area contributed by atoms with E-state index >= 15 is 0 Å². The van der Waals surface area contributed by atoms with Crippen LogP contribution in [0.5, 0.6) is 11.5 Å². The second-order valence-electron chi connectivity index (χ2n) is 6.79. The largest absolute Gasteiger partial charge is 0.493 e. The number of hydrazone groups is 1. The number of benzene rings is 2. The predicted molar refractivity (Wildman–Crippen MR) is 108 cm³/mol. The van der Waals surface area contributed by atoms with E-state index in [2.05, 4.69) is 11.1 Å². The summed E-state index contributed by atoms with van der Waals surface area (Å²) < 4.78 is 12.0. The van der Waals surface area contributed by atoms with E-state index in [1.807, 2.05) is 59.7 Å². The molecule has 2 aliphatic rings. The van der Waals surface area contributed by atoms with E-state index in [4.69, 9.17) is 26.2 Å². The van der Waals surface area contributed by atoms with Crippen LogP contribution in [0.2, 0.25) is 5.02 Å². The third kappa shape index (κ3) is 2.79. The molecule has 140 valence electrons. The molecule has 2 aliphatic heterocycles. The minimum absolute atomic E-state index is 0.0537. The van der Waals surface area contributed by atoms with Crippen LogP contribution >= 0.6 is 11.6 Å². The number of methoxy groups -OCH3 is 1. The highest BCUT2D eigenvalue weighted by Gasteiger charge is 2.42. The zero-order valence-corrected chi connectivity index (χ0v) is 16.0. The first-order valence-corrected chi connectivity index (χ1v) is 9.47. The van der Waals surface area contributed by atoms with E-state index in [-0.39, 0.29) is 12.3 Å². The summed E-state index contributed by atoms with van der Waals surface area (Å²) in [5.74, 6) is 1.48. The molecule has 6 heteroatoms. The SMILES string of the molecule is COc1cccc2c1O[C@H](c1cccc(Cl)c1)N1N=C(c3cccnc3)C[C@H]21. The Morgan fingerprint density at radius 3 is 2.82 bits per heavy atom. The maximum Gasteiger partial charge on any atom is 0.214 e. The van der Waals surface area contributed by atoms with Crippen LogP contribution in [-0.2, 0) is 0 Å². The molecule has 5 nitrogen and oxygen atoms in total. The van der Waals surface area contributed by atoms with Crippen molar-refractivity contribution in [3.8, 4) is 11.5 Å². The Bertz CT molecular complexity index is 1050. The highest BCUT2D eigenvalue weighted by Crippen LogP contribution is 2.50. The van der Waals surface area contributed by atoms with Crippen molar-refractivity contribution in [1.82, 2.24) is 9.99 Å². The lowest BCUT2D eigenvalue weighted by molar-refractivity contribution is -0.0208. The summed E-state index contributed by atoms with van der Waals surface area (Å²) in [6, 6.07) is 17.7. The Labute approximate surface area is 168 Å². The van der Waals surface area contributed by atoms with Crippen LogP contribution in [0.1, 0.15) is 35.4 Å². The molecule has 0 fully saturated rings. The molecule has 0 bridgehead atoms. The molecule has 0 saturated heterocycles. The number of rotatable bonds is 3. The minimum Gasteiger partial charge on any atom is -0.493 e. The van der Waals surface area contributed by atoms with Gasteiger partial charge in [0, 0.05) is 40.5 Å². The summed E-state index contributed by atoms with van der Waals surface area (Å²) in [7, 11) is 1.66. The molecule has 3 heterocycles.